The molecule has 2 rings (SSSR count). The molecule has 0 aliphatic heterocycles. The summed E-state index contributed by atoms with van der Waals surface area (Å²) < 4.78 is 37.3. The molecular formula is C14H10F3NO. The number of nitrogens with zero attached hydrogens (tertiary/aromatic N) is 1. The first-order valence-electron chi connectivity index (χ1n) is 5.47. The second-order valence-corrected chi connectivity index (χ2v) is 3.89. The molecule has 0 aliphatic carbocycles. The Balaban J connectivity index is 2.37. The summed E-state index contributed by atoms with van der Waals surface area (Å²) >= 11 is 0. The van der Waals surface area contributed by atoms with Crippen molar-refractivity contribution < 1.29 is 18.4 Å². The van der Waals surface area contributed by atoms with E-state index in [2.05, 4.69) is 5.16 Å². The van der Waals surface area contributed by atoms with E-state index in [4.69, 9.17) is 5.21 Å². The summed E-state index contributed by atoms with van der Waals surface area (Å²) in [6.07, 6.45) is -4.37. The summed E-state index contributed by atoms with van der Waals surface area (Å²) in [5.41, 5.74) is 0.544. The number of hydrogen-bond acceptors (Lipinski definition) is 2. The molecule has 0 amide bonds. The lowest BCUT2D eigenvalue weighted by molar-refractivity contribution is -0.137. The number of halogens is 3. The van der Waals surface area contributed by atoms with Crippen LogP contribution in [-0.4, -0.2) is 10.9 Å². The zero-order chi connectivity index (χ0) is 13.9. The molecule has 2 aromatic carbocycles. The monoisotopic (exact) mass is 265 g/mol. The van der Waals surface area contributed by atoms with Crippen molar-refractivity contribution in [1.82, 2.24) is 0 Å². The van der Waals surface area contributed by atoms with Gasteiger partial charge in [0.25, 0.3) is 0 Å². The normalized spacial score (nSPS) is 12.5. The number of benzene rings is 2. The van der Waals surface area contributed by atoms with E-state index in [9.17, 15) is 13.2 Å². The van der Waals surface area contributed by atoms with Gasteiger partial charge in [0.05, 0.1) is 5.56 Å². The van der Waals surface area contributed by atoms with E-state index < -0.39 is 11.7 Å². The number of hydrogen-bond donors (Lipinski definition) is 1. The van der Waals surface area contributed by atoms with Gasteiger partial charge in [0.2, 0.25) is 0 Å². The summed E-state index contributed by atoms with van der Waals surface area (Å²) in [4.78, 5) is 0. The molecule has 19 heavy (non-hydrogen) atoms. The Morgan fingerprint density at radius 2 is 1.37 bits per heavy atom. The highest BCUT2D eigenvalue weighted by molar-refractivity contribution is 6.12. The molecule has 0 heterocycles. The van der Waals surface area contributed by atoms with Gasteiger partial charge in [0.1, 0.15) is 5.71 Å². The molecule has 0 fully saturated rings. The highest BCUT2D eigenvalue weighted by Gasteiger charge is 2.30. The van der Waals surface area contributed by atoms with Crippen molar-refractivity contribution in [3.8, 4) is 0 Å². The Kier molecular flexibility index (Phi) is 3.55. The molecule has 98 valence electrons. The fourth-order valence-corrected chi connectivity index (χ4v) is 1.70. The molecular weight excluding hydrogens is 255 g/mol. The van der Waals surface area contributed by atoms with Crippen molar-refractivity contribution in [3.63, 3.8) is 0 Å². The molecule has 5 heteroatoms. The summed E-state index contributed by atoms with van der Waals surface area (Å²) in [5.74, 6) is 0. The molecule has 0 spiro atoms. The van der Waals surface area contributed by atoms with Gasteiger partial charge in [-0.25, -0.2) is 0 Å². The topological polar surface area (TPSA) is 32.6 Å². The first kappa shape index (κ1) is 13.1. The molecule has 2 aromatic rings. The molecule has 0 bridgehead atoms. The smallest absolute Gasteiger partial charge is 0.410 e. The Morgan fingerprint density at radius 3 is 1.84 bits per heavy atom. The van der Waals surface area contributed by atoms with Crippen LogP contribution in [0.15, 0.2) is 59.8 Å². The molecule has 0 atom stereocenters. The van der Waals surface area contributed by atoms with E-state index in [1.807, 2.05) is 0 Å². The Labute approximate surface area is 107 Å². The Morgan fingerprint density at radius 1 is 0.842 bits per heavy atom. The average molecular weight is 265 g/mol. The van der Waals surface area contributed by atoms with Crippen molar-refractivity contribution >= 4 is 5.71 Å². The van der Waals surface area contributed by atoms with Crippen molar-refractivity contribution in [2.24, 2.45) is 5.16 Å². The van der Waals surface area contributed by atoms with Crippen molar-refractivity contribution in [3.05, 3.63) is 71.3 Å². The predicted octanol–water partition coefficient (Wildman–Crippen LogP) is 3.93. The lowest BCUT2D eigenvalue weighted by Gasteiger charge is -2.08. The van der Waals surface area contributed by atoms with Crippen LogP contribution < -0.4 is 0 Å². The zero-order valence-electron chi connectivity index (χ0n) is 9.72. The van der Waals surface area contributed by atoms with Crippen molar-refractivity contribution in [2.75, 3.05) is 0 Å². The van der Waals surface area contributed by atoms with Crippen molar-refractivity contribution in [1.29, 1.82) is 0 Å². The Bertz CT molecular complexity index is 574. The molecule has 0 unspecified atom stereocenters. The molecule has 0 saturated carbocycles. The van der Waals surface area contributed by atoms with Crippen LogP contribution in [0.4, 0.5) is 13.2 Å². The van der Waals surface area contributed by atoms with Crippen LogP contribution >= 0.6 is 0 Å². The molecule has 0 radical (unpaired) electrons. The third kappa shape index (κ3) is 2.93. The largest absolute Gasteiger partial charge is 0.416 e. The summed E-state index contributed by atoms with van der Waals surface area (Å²) in [5, 5.41) is 12.2. The van der Waals surface area contributed by atoms with E-state index >= 15 is 0 Å². The molecule has 0 aromatic heterocycles. The van der Waals surface area contributed by atoms with Gasteiger partial charge in [0.15, 0.2) is 0 Å². The number of rotatable bonds is 2. The van der Waals surface area contributed by atoms with E-state index in [0.29, 0.717) is 11.1 Å². The van der Waals surface area contributed by atoms with Gasteiger partial charge in [-0.3, -0.25) is 0 Å². The number of oxime groups is 1. The van der Waals surface area contributed by atoms with Gasteiger partial charge in [-0.2, -0.15) is 13.2 Å². The van der Waals surface area contributed by atoms with Gasteiger partial charge in [-0.1, -0.05) is 47.6 Å². The molecule has 2 nitrogen and oxygen atoms in total. The second-order valence-electron chi connectivity index (χ2n) is 3.89. The number of alkyl halides is 3. The van der Waals surface area contributed by atoms with Gasteiger partial charge < -0.3 is 5.21 Å². The van der Waals surface area contributed by atoms with Gasteiger partial charge in [0, 0.05) is 11.1 Å². The minimum Gasteiger partial charge on any atom is -0.410 e. The maximum Gasteiger partial charge on any atom is 0.416 e. The summed E-state index contributed by atoms with van der Waals surface area (Å²) in [7, 11) is 0. The van der Waals surface area contributed by atoms with Crippen LogP contribution in [0.2, 0.25) is 0 Å². The highest BCUT2D eigenvalue weighted by Crippen LogP contribution is 2.29. The third-order valence-corrected chi connectivity index (χ3v) is 2.63. The second kappa shape index (κ2) is 5.14. The lowest BCUT2D eigenvalue weighted by atomic mass is 10.0. The van der Waals surface area contributed by atoms with Crippen LogP contribution in [0.5, 0.6) is 0 Å². The maximum absolute atomic E-state index is 12.4. The standard InChI is InChI=1S/C14H10F3NO/c15-14(16,17)12-8-6-11(7-9-12)13(18-19)10-4-2-1-3-5-10/h1-9,19H. The van der Waals surface area contributed by atoms with E-state index in [1.165, 1.54) is 12.1 Å². The van der Waals surface area contributed by atoms with Crippen LogP contribution in [-0.2, 0) is 6.18 Å². The zero-order valence-corrected chi connectivity index (χ0v) is 9.72. The maximum atomic E-state index is 12.4. The lowest BCUT2D eigenvalue weighted by Crippen LogP contribution is -2.07. The van der Waals surface area contributed by atoms with Gasteiger partial charge in [-0.15, -0.1) is 0 Å². The highest BCUT2D eigenvalue weighted by atomic mass is 19.4. The van der Waals surface area contributed by atoms with Gasteiger partial charge >= 0.3 is 6.18 Å². The fraction of sp³-hybridized carbons (Fsp3) is 0.0714. The third-order valence-electron chi connectivity index (χ3n) is 2.63. The minimum absolute atomic E-state index is 0.231. The summed E-state index contributed by atoms with van der Waals surface area (Å²) in [6, 6.07) is 13.2. The molecule has 1 N–H and O–H groups in total. The fourth-order valence-electron chi connectivity index (χ4n) is 1.70. The minimum atomic E-state index is -4.37. The predicted molar refractivity (Wildman–Crippen MR) is 65.3 cm³/mol. The van der Waals surface area contributed by atoms with E-state index in [0.717, 1.165) is 12.1 Å². The quantitative estimate of drug-likeness (QED) is 0.498. The molecule has 0 saturated heterocycles. The van der Waals surface area contributed by atoms with Crippen LogP contribution in [0.3, 0.4) is 0 Å². The van der Waals surface area contributed by atoms with Crippen molar-refractivity contribution in [2.45, 2.75) is 6.18 Å². The molecule has 0 aliphatic rings. The van der Waals surface area contributed by atoms with E-state index in [1.54, 1.807) is 30.3 Å². The van der Waals surface area contributed by atoms with E-state index in [-0.39, 0.29) is 5.71 Å². The van der Waals surface area contributed by atoms with Crippen LogP contribution in [0.1, 0.15) is 16.7 Å². The Hall–Kier alpha value is -2.30. The first-order chi connectivity index (χ1) is 9.02. The first-order valence-corrected chi connectivity index (χ1v) is 5.47. The van der Waals surface area contributed by atoms with Crippen LogP contribution in [0, 0.1) is 0 Å². The summed E-state index contributed by atoms with van der Waals surface area (Å²) in [6.45, 7) is 0. The van der Waals surface area contributed by atoms with Gasteiger partial charge in [-0.05, 0) is 12.1 Å². The average Bonchev–Trinajstić information content (AvgIpc) is 2.40. The van der Waals surface area contributed by atoms with Crippen LogP contribution in [0.25, 0.3) is 0 Å². The SMILES string of the molecule is ON=C(c1ccccc1)c1ccc(C(F)(F)F)cc1.